The molecule has 3 aromatic rings. The fourth-order valence-corrected chi connectivity index (χ4v) is 3.35. The lowest BCUT2D eigenvalue weighted by atomic mass is 9.99. The number of benzene rings is 1. The molecule has 6 heteroatoms. The maximum atomic E-state index is 13.0. The molecule has 128 valence electrons. The van der Waals surface area contributed by atoms with Gasteiger partial charge in [-0.15, -0.1) is 0 Å². The van der Waals surface area contributed by atoms with Gasteiger partial charge >= 0.3 is 0 Å². The third-order valence-electron chi connectivity index (χ3n) is 4.63. The molecular formula is C19H20N4O2. The first kappa shape index (κ1) is 15.6. The Morgan fingerprint density at radius 3 is 2.80 bits per heavy atom. The first-order valence-corrected chi connectivity index (χ1v) is 8.55. The van der Waals surface area contributed by atoms with Crippen molar-refractivity contribution in [3.8, 4) is 11.3 Å². The molecule has 0 radical (unpaired) electrons. The van der Waals surface area contributed by atoms with Crippen molar-refractivity contribution < 1.29 is 9.32 Å². The van der Waals surface area contributed by atoms with Crippen molar-refractivity contribution in [3.05, 3.63) is 60.0 Å². The molecule has 2 aromatic heterocycles. The van der Waals surface area contributed by atoms with Crippen LogP contribution >= 0.6 is 0 Å². The number of amides is 1. The zero-order valence-electron chi connectivity index (χ0n) is 14.1. The number of nitrogens with zero attached hydrogens (tertiary/aromatic N) is 4. The molecule has 6 nitrogen and oxygen atoms in total. The summed E-state index contributed by atoms with van der Waals surface area (Å²) < 4.78 is 7.16. The highest BCUT2D eigenvalue weighted by Gasteiger charge is 2.31. The second-order valence-corrected chi connectivity index (χ2v) is 6.37. The number of piperidine rings is 1. The predicted octanol–water partition coefficient (Wildman–Crippen LogP) is 3.44. The van der Waals surface area contributed by atoms with Crippen LogP contribution in [0.25, 0.3) is 11.3 Å². The molecule has 25 heavy (non-hydrogen) atoms. The van der Waals surface area contributed by atoms with Gasteiger partial charge in [0.05, 0.1) is 11.7 Å². The van der Waals surface area contributed by atoms with E-state index in [2.05, 4.69) is 10.3 Å². The maximum absolute atomic E-state index is 13.0. The summed E-state index contributed by atoms with van der Waals surface area (Å²) in [6.07, 6.45) is 4.93. The van der Waals surface area contributed by atoms with Gasteiger partial charge in [0.1, 0.15) is 0 Å². The summed E-state index contributed by atoms with van der Waals surface area (Å²) in [5.74, 6) is 0.511. The molecule has 1 aliphatic rings. The summed E-state index contributed by atoms with van der Waals surface area (Å²) in [6, 6.07) is 13.4. The van der Waals surface area contributed by atoms with Gasteiger partial charge in [-0.05, 0) is 25.3 Å². The number of rotatable bonds is 3. The highest BCUT2D eigenvalue weighted by atomic mass is 16.5. The van der Waals surface area contributed by atoms with Gasteiger partial charge in [0.25, 0.3) is 5.91 Å². The van der Waals surface area contributed by atoms with Gasteiger partial charge < -0.3 is 9.42 Å². The van der Waals surface area contributed by atoms with Crippen LogP contribution in [0.4, 0.5) is 0 Å². The highest BCUT2D eigenvalue weighted by molar-refractivity contribution is 5.93. The molecule has 1 aromatic carbocycles. The average Bonchev–Trinajstić information content (AvgIpc) is 3.31. The average molecular weight is 336 g/mol. The third-order valence-corrected chi connectivity index (χ3v) is 4.63. The molecule has 1 saturated heterocycles. The monoisotopic (exact) mass is 336 g/mol. The minimum Gasteiger partial charge on any atom is -0.355 e. The molecule has 1 unspecified atom stereocenters. The van der Waals surface area contributed by atoms with E-state index < -0.39 is 0 Å². The predicted molar refractivity (Wildman–Crippen MR) is 92.8 cm³/mol. The second-order valence-electron chi connectivity index (χ2n) is 6.37. The Morgan fingerprint density at radius 2 is 2.04 bits per heavy atom. The van der Waals surface area contributed by atoms with E-state index in [1.54, 1.807) is 10.7 Å². The van der Waals surface area contributed by atoms with Crippen molar-refractivity contribution in [2.75, 3.05) is 6.54 Å². The molecule has 1 fully saturated rings. The van der Waals surface area contributed by atoms with E-state index in [0.717, 1.165) is 30.5 Å². The fourth-order valence-electron chi connectivity index (χ4n) is 3.35. The summed E-state index contributed by atoms with van der Waals surface area (Å²) in [6.45, 7) is 0.716. The molecule has 0 bridgehead atoms. The van der Waals surface area contributed by atoms with Gasteiger partial charge in [-0.1, -0.05) is 35.5 Å². The first-order valence-electron chi connectivity index (χ1n) is 8.55. The number of hydrogen-bond donors (Lipinski definition) is 0. The third kappa shape index (κ3) is 3.07. The quantitative estimate of drug-likeness (QED) is 0.735. The lowest BCUT2D eigenvalue weighted by molar-refractivity contribution is 0.0595. The van der Waals surface area contributed by atoms with Crippen molar-refractivity contribution in [2.24, 2.45) is 7.05 Å². The minimum absolute atomic E-state index is 0.000625. The largest absolute Gasteiger partial charge is 0.355 e. The molecule has 0 aliphatic carbocycles. The van der Waals surface area contributed by atoms with Crippen LogP contribution in [0.2, 0.25) is 0 Å². The van der Waals surface area contributed by atoms with Gasteiger partial charge in [-0.3, -0.25) is 9.48 Å². The summed E-state index contributed by atoms with van der Waals surface area (Å²) in [4.78, 5) is 14.9. The second kappa shape index (κ2) is 6.55. The Balaban J connectivity index is 1.60. The van der Waals surface area contributed by atoms with Crippen LogP contribution < -0.4 is 0 Å². The SMILES string of the molecule is Cn1ccc(C2CCCCN2C(=O)c2cc(-c3ccccc3)on2)n1. The first-order chi connectivity index (χ1) is 12.2. The minimum atomic E-state index is -0.0960. The smallest absolute Gasteiger partial charge is 0.276 e. The maximum Gasteiger partial charge on any atom is 0.276 e. The van der Waals surface area contributed by atoms with Crippen LogP contribution in [0.1, 0.15) is 41.5 Å². The Morgan fingerprint density at radius 1 is 1.20 bits per heavy atom. The fraction of sp³-hybridized carbons (Fsp3) is 0.316. The van der Waals surface area contributed by atoms with Gasteiger partial charge in [0, 0.05) is 31.4 Å². The van der Waals surface area contributed by atoms with Gasteiger partial charge in [-0.25, -0.2) is 0 Å². The van der Waals surface area contributed by atoms with E-state index in [9.17, 15) is 4.79 Å². The summed E-state index contributed by atoms with van der Waals surface area (Å²) in [5, 5.41) is 8.50. The molecule has 0 saturated carbocycles. The standard InChI is InChI=1S/C19H20N4O2/c1-22-12-10-15(20-22)17-9-5-6-11-23(17)19(24)16-13-18(25-21-16)14-7-3-2-4-8-14/h2-4,7-8,10,12-13,17H,5-6,9,11H2,1H3. The van der Waals surface area contributed by atoms with E-state index in [-0.39, 0.29) is 11.9 Å². The van der Waals surface area contributed by atoms with Crippen LogP contribution in [0, 0.1) is 0 Å². The molecule has 1 atom stereocenters. The van der Waals surface area contributed by atoms with Gasteiger partial charge in [-0.2, -0.15) is 5.10 Å². The Kier molecular flexibility index (Phi) is 4.09. The Hall–Kier alpha value is -2.89. The lowest BCUT2D eigenvalue weighted by Crippen LogP contribution is -2.38. The van der Waals surface area contributed by atoms with Crippen molar-refractivity contribution in [3.63, 3.8) is 0 Å². The molecule has 1 aliphatic heterocycles. The number of carbonyl (C=O) groups excluding carboxylic acids is 1. The number of carbonyl (C=O) groups is 1. The number of aryl methyl sites for hydroxylation is 1. The van der Waals surface area contributed by atoms with Crippen molar-refractivity contribution in [1.29, 1.82) is 0 Å². The molecule has 0 spiro atoms. The zero-order chi connectivity index (χ0) is 17.2. The normalized spacial score (nSPS) is 17.6. The Labute approximate surface area is 146 Å². The molecule has 3 heterocycles. The molecule has 1 amide bonds. The van der Waals surface area contributed by atoms with E-state index >= 15 is 0 Å². The summed E-state index contributed by atoms with van der Waals surface area (Å²) in [5.41, 5.74) is 2.19. The highest BCUT2D eigenvalue weighted by Crippen LogP contribution is 2.31. The van der Waals surface area contributed by atoms with Crippen LogP contribution in [0.3, 0.4) is 0 Å². The molecule has 4 rings (SSSR count). The van der Waals surface area contributed by atoms with Crippen molar-refractivity contribution in [1.82, 2.24) is 19.8 Å². The zero-order valence-corrected chi connectivity index (χ0v) is 14.1. The van der Waals surface area contributed by atoms with Crippen LogP contribution in [0.5, 0.6) is 0 Å². The van der Waals surface area contributed by atoms with E-state index in [1.165, 1.54) is 0 Å². The van der Waals surface area contributed by atoms with E-state index in [1.807, 2.05) is 54.5 Å². The van der Waals surface area contributed by atoms with Crippen LogP contribution in [-0.2, 0) is 7.05 Å². The van der Waals surface area contributed by atoms with Crippen LogP contribution in [0.15, 0.2) is 53.2 Å². The van der Waals surface area contributed by atoms with Gasteiger partial charge in [0.2, 0.25) is 0 Å². The summed E-state index contributed by atoms with van der Waals surface area (Å²) in [7, 11) is 1.89. The molecular weight excluding hydrogens is 316 g/mol. The van der Waals surface area contributed by atoms with Crippen LogP contribution in [-0.4, -0.2) is 32.3 Å². The number of likely N-dealkylation sites (tertiary alicyclic amines) is 1. The van der Waals surface area contributed by atoms with Crippen molar-refractivity contribution in [2.45, 2.75) is 25.3 Å². The number of aromatic nitrogens is 3. The Bertz CT molecular complexity index is 868. The van der Waals surface area contributed by atoms with Gasteiger partial charge in [0.15, 0.2) is 11.5 Å². The summed E-state index contributed by atoms with van der Waals surface area (Å²) >= 11 is 0. The topological polar surface area (TPSA) is 64.2 Å². The number of hydrogen-bond acceptors (Lipinski definition) is 4. The van der Waals surface area contributed by atoms with E-state index in [4.69, 9.17) is 4.52 Å². The lowest BCUT2D eigenvalue weighted by Gasteiger charge is -2.34. The molecule has 0 N–H and O–H groups in total. The van der Waals surface area contributed by atoms with Crippen molar-refractivity contribution >= 4 is 5.91 Å². The van der Waals surface area contributed by atoms with E-state index in [0.29, 0.717) is 18.0 Å².